The van der Waals surface area contributed by atoms with E-state index in [1.54, 1.807) is 4.90 Å². The van der Waals surface area contributed by atoms with Gasteiger partial charge in [-0.25, -0.2) is 4.79 Å². The standard InChI is InChI=1S/C13H24N2O4/c1-4-11-9-19-10(3)8-15(11)13(18)14(5-2)7-6-12(16)17/h10-11H,4-9H2,1-3H3,(H,16,17). The zero-order valence-corrected chi connectivity index (χ0v) is 12.0. The number of carboxylic acid groups (broad SMARTS) is 1. The summed E-state index contributed by atoms with van der Waals surface area (Å²) in [5.74, 6) is -0.881. The van der Waals surface area contributed by atoms with E-state index in [2.05, 4.69) is 0 Å². The number of ether oxygens (including phenoxy) is 1. The normalized spacial score (nSPS) is 23.2. The van der Waals surface area contributed by atoms with Crippen LogP contribution < -0.4 is 0 Å². The van der Waals surface area contributed by atoms with Gasteiger partial charge in [0, 0.05) is 19.6 Å². The number of urea groups is 1. The molecule has 1 rings (SSSR count). The lowest BCUT2D eigenvalue weighted by molar-refractivity contribution is -0.137. The minimum absolute atomic E-state index is 0.0176. The van der Waals surface area contributed by atoms with Gasteiger partial charge in [0.15, 0.2) is 0 Å². The van der Waals surface area contributed by atoms with Crippen molar-refractivity contribution in [2.45, 2.75) is 45.8 Å². The predicted octanol–water partition coefficient (Wildman–Crippen LogP) is 1.40. The minimum Gasteiger partial charge on any atom is -0.481 e. The molecule has 110 valence electrons. The lowest BCUT2D eigenvalue weighted by Gasteiger charge is -2.40. The molecule has 0 spiro atoms. The summed E-state index contributed by atoms with van der Waals surface area (Å²) in [6.07, 6.45) is 0.857. The van der Waals surface area contributed by atoms with Crippen LogP contribution in [0.4, 0.5) is 4.79 Å². The molecule has 1 aliphatic rings. The fourth-order valence-electron chi connectivity index (χ4n) is 2.22. The third kappa shape index (κ3) is 4.38. The molecule has 1 saturated heterocycles. The van der Waals surface area contributed by atoms with E-state index in [4.69, 9.17) is 9.84 Å². The first-order valence-electron chi connectivity index (χ1n) is 6.88. The molecule has 0 aliphatic carbocycles. The highest BCUT2D eigenvalue weighted by Gasteiger charge is 2.31. The molecule has 6 nitrogen and oxygen atoms in total. The summed E-state index contributed by atoms with van der Waals surface area (Å²) in [6.45, 7) is 7.74. The molecule has 0 bridgehead atoms. The predicted molar refractivity (Wildman–Crippen MR) is 71.1 cm³/mol. The Labute approximate surface area is 114 Å². The Bertz CT molecular complexity index is 322. The van der Waals surface area contributed by atoms with Crippen molar-refractivity contribution in [3.8, 4) is 0 Å². The van der Waals surface area contributed by atoms with Crippen molar-refractivity contribution in [2.24, 2.45) is 0 Å². The van der Waals surface area contributed by atoms with Crippen molar-refractivity contribution in [1.29, 1.82) is 0 Å². The topological polar surface area (TPSA) is 70.1 Å². The molecule has 6 heteroatoms. The molecule has 0 aromatic heterocycles. The zero-order valence-electron chi connectivity index (χ0n) is 12.0. The van der Waals surface area contributed by atoms with Crippen LogP contribution in [0.15, 0.2) is 0 Å². The first-order chi connectivity index (χ1) is 8.99. The van der Waals surface area contributed by atoms with E-state index in [9.17, 15) is 9.59 Å². The maximum Gasteiger partial charge on any atom is 0.320 e. The van der Waals surface area contributed by atoms with Crippen LogP contribution in [0.5, 0.6) is 0 Å². The van der Waals surface area contributed by atoms with Crippen molar-refractivity contribution in [2.75, 3.05) is 26.2 Å². The van der Waals surface area contributed by atoms with Crippen molar-refractivity contribution < 1.29 is 19.4 Å². The second-order valence-corrected chi connectivity index (χ2v) is 4.86. The van der Waals surface area contributed by atoms with Gasteiger partial charge in [-0.3, -0.25) is 4.79 Å². The number of carboxylic acids is 1. The maximum atomic E-state index is 12.5. The molecule has 1 fully saturated rings. The Morgan fingerprint density at radius 2 is 2.11 bits per heavy atom. The minimum atomic E-state index is -0.881. The Hall–Kier alpha value is -1.30. The number of rotatable bonds is 5. The van der Waals surface area contributed by atoms with Gasteiger partial charge in [0.1, 0.15) is 0 Å². The van der Waals surface area contributed by atoms with Crippen LogP contribution in [0, 0.1) is 0 Å². The number of carbonyl (C=O) groups excluding carboxylic acids is 1. The Morgan fingerprint density at radius 3 is 2.63 bits per heavy atom. The molecule has 2 unspecified atom stereocenters. The average Bonchev–Trinajstić information content (AvgIpc) is 2.38. The van der Waals surface area contributed by atoms with Gasteiger partial charge in [-0.1, -0.05) is 6.92 Å². The molecule has 0 aromatic carbocycles. The van der Waals surface area contributed by atoms with Crippen LogP contribution in [0.1, 0.15) is 33.6 Å². The third-order valence-corrected chi connectivity index (χ3v) is 3.43. The van der Waals surface area contributed by atoms with Crippen molar-refractivity contribution in [3.63, 3.8) is 0 Å². The van der Waals surface area contributed by atoms with Crippen LogP contribution >= 0.6 is 0 Å². The number of amides is 2. The van der Waals surface area contributed by atoms with Gasteiger partial charge < -0.3 is 19.6 Å². The molecule has 2 atom stereocenters. The Balaban J connectivity index is 2.67. The number of aliphatic carboxylic acids is 1. The summed E-state index contributed by atoms with van der Waals surface area (Å²) in [5, 5.41) is 8.72. The van der Waals surface area contributed by atoms with Crippen LogP contribution in [0.3, 0.4) is 0 Å². The summed E-state index contributed by atoms with van der Waals surface area (Å²) in [7, 11) is 0. The molecule has 1 N–H and O–H groups in total. The van der Waals surface area contributed by atoms with E-state index in [-0.39, 0.29) is 31.1 Å². The molecule has 2 amide bonds. The molecule has 19 heavy (non-hydrogen) atoms. The summed E-state index contributed by atoms with van der Waals surface area (Å²) >= 11 is 0. The van der Waals surface area contributed by atoms with Crippen LogP contribution in [0.25, 0.3) is 0 Å². The molecule has 0 radical (unpaired) electrons. The smallest absolute Gasteiger partial charge is 0.320 e. The molecular formula is C13H24N2O4. The lowest BCUT2D eigenvalue weighted by atomic mass is 10.1. The number of hydrogen-bond acceptors (Lipinski definition) is 3. The van der Waals surface area contributed by atoms with E-state index in [1.807, 2.05) is 25.7 Å². The highest BCUT2D eigenvalue weighted by molar-refractivity contribution is 5.76. The van der Waals surface area contributed by atoms with Gasteiger partial charge in [0.2, 0.25) is 0 Å². The molecule has 0 saturated carbocycles. The summed E-state index contributed by atoms with van der Waals surface area (Å²) in [6, 6.07) is 0.00771. The Kier molecular flexibility index (Phi) is 6.08. The number of carbonyl (C=O) groups is 2. The molecule has 0 aromatic rings. The Morgan fingerprint density at radius 1 is 1.42 bits per heavy atom. The lowest BCUT2D eigenvalue weighted by Crippen LogP contribution is -2.55. The second-order valence-electron chi connectivity index (χ2n) is 4.86. The van der Waals surface area contributed by atoms with Gasteiger partial charge in [-0.15, -0.1) is 0 Å². The van der Waals surface area contributed by atoms with E-state index in [1.165, 1.54) is 0 Å². The second kappa shape index (κ2) is 7.33. The highest BCUT2D eigenvalue weighted by atomic mass is 16.5. The third-order valence-electron chi connectivity index (χ3n) is 3.43. The first kappa shape index (κ1) is 15.8. The van der Waals surface area contributed by atoms with Crippen LogP contribution in [-0.4, -0.2) is 65.3 Å². The number of hydrogen-bond donors (Lipinski definition) is 1. The van der Waals surface area contributed by atoms with Gasteiger partial charge in [0.25, 0.3) is 0 Å². The van der Waals surface area contributed by atoms with Crippen molar-refractivity contribution in [1.82, 2.24) is 9.80 Å². The van der Waals surface area contributed by atoms with Gasteiger partial charge in [-0.2, -0.15) is 0 Å². The van der Waals surface area contributed by atoms with Gasteiger partial charge in [0.05, 0.1) is 25.2 Å². The maximum absolute atomic E-state index is 12.5. The fourth-order valence-corrected chi connectivity index (χ4v) is 2.22. The monoisotopic (exact) mass is 272 g/mol. The van der Waals surface area contributed by atoms with E-state index < -0.39 is 5.97 Å². The molecule has 1 aliphatic heterocycles. The quantitative estimate of drug-likeness (QED) is 0.821. The SMILES string of the molecule is CCC1COC(C)CN1C(=O)N(CC)CCC(=O)O. The van der Waals surface area contributed by atoms with E-state index in [0.29, 0.717) is 19.7 Å². The summed E-state index contributed by atoms with van der Waals surface area (Å²) in [5.41, 5.74) is 0. The summed E-state index contributed by atoms with van der Waals surface area (Å²) < 4.78 is 5.57. The van der Waals surface area contributed by atoms with Crippen LogP contribution in [-0.2, 0) is 9.53 Å². The molecule has 1 heterocycles. The van der Waals surface area contributed by atoms with Crippen molar-refractivity contribution in [3.05, 3.63) is 0 Å². The summed E-state index contributed by atoms with van der Waals surface area (Å²) in [4.78, 5) is 26.5. The number of nitrogens with zero attached hydrogens (tertiary/aromatic N) is 2. The largest absolute Gasteiger partial charge is 0.481 e. The van der Waals surface area contributed by atoms with Gasteiger partial charge in [-0.05, 0) is 20.3 Å². The fraction of sp³-hybridized carbons (Fsp3) is 0.846. The van der Waals surface area contributed by atoms with Crippen LogP contribution in [0.2, 0.25) is 0 Å². The number of morpholine rings is 1. The van der Waals surface area contributed by atoms with Gasteiger partial charge >= 0.3 is 12.0 Å². The zero-order chi connectivity index (χ0) is 14.4. The van der Waals surface area contributed by atoms with E-state index in [0.717, 1.165) is 6.42 Å². The average molecular weight is 272 g/mol. The highest BCUT2D eigenvalue weighted by Crippen LogP contribution is 2.16. The van der Waals surface area contributed by atoms with Crippen molar-refractivity contribution >= 4 is 12.0 Å². The first-order valence-corrected chi connectivity index (χ1v) is 6.88. The molecular weight excluding hydrogens is 248 g/mol. The van der Waals surface area contributed by atoms with E-state index >= 15 is 0 Å².